The first kappa shape index (κ1) is 13.4. The van der Waals surface area contributed by atoms with Crippen LogP contribution < -0.4 is 0 Å². The van der Waals surface area contributed by atoms with Crippen LogP contribution in [-0.2, 0) is 4.79 Å². The van der Waals surface area contributed by atoms with Gasteiger partial charge >= 0.3 is 0 Å². The number of rotatable bonds is 1. The molecule has 19 heavy (non-hydrogen) atoms. The minimum atomic E-state index is -0.180. The molecule has 2 saturated heterocycles. The highest BCUT2D eigenvalue weighted by Gasteiger charge is 2.47. The first-order chi connectivity index (χ1) is 8.99. The number of nitrogens with zero attached hydrogens (tertiary/aromatic N) is 1. The van der Waals surface area contributed by atoms with Gasteiger partial charge in [-0.1, -0.05) is 26.7 Å². The molecule has 3 unspecified atom stereocenters. The SMILES string of the molecule is CC1(C)CCCCC1C(=O)N1C2CCC1CC(O)C2. The zero-order valence-electron chi connectivity index (χ0n) is 12.3. The number of hydrogen-bond acceptors (Lipinski definition) is 2. The van der Waals surface area contributed by atoms with Crippen LogP contribution in [0.2, 0.25) is 0 Å². The van der Waals surface area contributed by atoms with E-state index in [9.17, 15) is 9.90 Å². The summed E-state index contributed by atoms with van der Waals surface area (Å²) < 4.78 is 0. The van der Waals surface area contributed by atoms with Crippen molar-refractivity contribution in [1.29, 1.82) is 0 Å². The average molecular weight is 265 g/mol. The summed E-state index contributed by atoms with van der Waals surface area (Å²) in [5, 5.41) is 9.86. The molecule has 3 heteroatoms. The van der Waals surface area contributed by atoms with E-state index in [2.05, 4.69) is 18.7 Å². The number of piperidine rings is 1. The molecule has 0 radical (unpaired) electrons. The third kappa shape index (κ3) is 2.31. The molecule has 2 aliphatic heterocycles. The van der Waals surface area contributed by atoms with Crippen molar-refractivity contribution in [3.8, 4) is 0 Å². The van der Waals surface area contributed by atoms with E-state index >= 15 is 0 Å². The van der Waals surface area contributed by atoms with Gasteiger partial charge < -0.3 is 10.0 Å². The lowest BCUT2D eigenvalue weighted by atomic mass is 9.68. The molecule has 1 N–H and O–H groups in total. The van der Waals surface area contributed by atoms with Crippen molar-refractivity contribution >= 4 is 5.91 Å². The van der Waals surface area contributed by atoms with Crippen LogP contribution in [0.25, 0.3) is 0 Å². The molecular formula is C16H27NO2. The highest BCUT2D eigenvalue weighted by molar-refractivity contribution is 5.81. The molecule has 3 aliphatic rings. The van der Waals surface area contributed by atoms with E-state index in [1.54, 1.807) is 0 Å². The van der Waals surface area contributed by atoms with Gasteiger partial charge in [-0.2, -0.15) is 0 Å². The highest BCUT2D eigenvalue weighted by Crippen LogP contribution is 2.44. The van der Waals surface area contributed by atoms with E-state index in [1.165, 1.54) is 19.3 Å². The lowest BCUT2D eigenvalue weighted by Gasteiger charge is -2.44. The van der Waals surface area contributed by atoms with Gasteiger partial charge in [-0.25, -0.2) is 0 Å². The van der Waals surface area contributed by atoms with Crippen LogP contribution in [0.1, 0.15) is 65.2 Å². The van der Waals surface area contributed by atoms with Gasteiger partial charge in [-0.15, -0.1) is 0 Å². The summed E-state index contributed by atoms with van der Waals surface area (Å²) in [5.41, 5.74) is 0.158. The number of carbonyl (C=O) groups excluding carboxylic acids is 1. The minimum absolute atomic E-state index is 0.158. The Balaban J connectivity index is 1.77. The summed E-state index contributed by atoms with van der Waals surface area (Å²) in [7, 11) is 0. The van der Waals surface area contributed by atoms with E-state index in [0.717, 1.165) is 32.1 Å². The molecule has 1 amide bonds. The second kappa shape index (κ2) is 4.76. The monoisotopic (exact) mass is 265 g/mol. The van der Waals surface area contributed by atoms with E-state index in [-0.39, 0.29) is 17.4 Å². The predicted octanol–water partition coefficient (Wildman–Crippen LogP) is 2.72. The third-order valence-electron chi connectivity index (χ3n) is 5.77. The van der Waals surface area contributed by atoms with Crippen LogP contribution in [-0.4, -0.2) is 34.1 Å². The number of aliphatic hydroxyl groups is 1. The molecule has 108 valence electrons. The summed E-state index contributed by atoms with van der Waals surface area (Å²) in [6, 6.07) is 0.637. The first-order valence-electron chi connectivity index (χ1n) is 7.99. The predicted molar refractivity (Wildman–Crippen MR) is 74.6 cm³/mol. The van der Waals surface area contributed by atoms with Crippen molar-refractivity contribution in [3.05, 3.63) is 0 Å². The van der Waals surface area contributed by atoms with Crippen LogP contribution in [0, 0.1) is 11.3 Å². The van der Waals surface area contributed by atoms with E-state index in [4.69, 9.17) is 0 Å². The Morgan fingerprint density at radius 1 is 1.11 bits per heavy atom. The van der Waals surface area contributed by atoms with Crippen molar-refractivity contribution in [2.75, 3.05) is 0 Å². The third-order valence-corrected chi connectivity index (χ3v) is 5.77. The Morgan fingerprint density at radius 3 is 2.32 bits per heavy atom. The largest absolute Gasteiger partial charge is 0.393 e. The van der Waals surface area contributed by atoms with Gasteiger partial charge in [0.15, 0.2) is 0 Å². The van der Waals surface area contributed by atoms with Crippen LogP contribution in [0.5, 0.6) is 0 Å². The fraction of sp³-hybridized carbons (Fsp3) is 0.938. The Kier molecular flexibility index (Phi) is 3.36. The molecule has 2 heterocycles. The molecule has 3 nitrogen and oxygen atoms in total. The van der Waals surface area contributed by atoms with Crippen LogP contribution >= 0.6 is 0 Å². The molecule has 3 rings (SSSR count). The van der Waals surface area contributed by atoms with E-state index in [1.807, 2.05) is 0 Å². The van der Waals surface area contributed by atoms with Crippen LogP contribution in [0.4, 0.5) is 0 Å². The lowest BCUT2D eigenvalue weighted by molar-refractivity contribution is -0.147. The fourth-order valence-corrected chi connectivity index (χ4v) is 4.64. The summed E-state index contributed by atoms with van der Waals surface area (Å²) in [4.78, 5) is 15.2. The Morgan fingerprint density at radius 2 is 1.74 bits per heavy atom. The van der Waals surface area contributed by atoms with Crippen molar-refractivity contribution in [3.63, 3.8) is 0 Å². The second-order valence-corrected chi connectivity index (χ2v) is 7.54. The number of fused-ring (bicyclic) bond motifs is 2. The van der Waals surface area contributed by atoms with E-state index in [0.29, 0.717) is 18.0 Å². The maximum Gasteiger partial charge on any atom is 0.226 e. The Bertz CT molecular complexity index is 352. The van der Waals surface area contributed by atoms with Gasteiger partial charge in [0.05, 0.1) is 6.10 Å². The number of carbonyl (C=O) groups is 1. The summed E-state index contributed by atoms with van der Waals surface area (Å²) in [5.74, 6) is 0.601. The van der Waals surface area contributed by atoms with E-state index < -0.39 is 0 Å². The van der Waals surface area contributed by atoms with Gasteiger partial charge in [0, 0.05) is 18.0 Å². The van der Waals surface area contributed by atoms with Crippen molar-refractivity contribution in [2.24, 2.45) is 11.3 Å². The smallest absolute Gasteiger partial charge is 0.226 e. The summed E-state index contributed by atoms with van der Waals surface area (Å²) >= 11 is 0. The highest BCUT2D eigenvalue weighted by atomic mass is 16.3. The summed E-state index contributed by atoms with van der Waals surface area (Å²) in [6.07, 6.45) is 8.32. The maximum atomic E-state index is 13.0. The Labute approximate surface area is 116 Å². The molecule has 3 fully saturated rings. The van der Waals surface area contributed by atoms with Gasteiger partial charge in [-0.3, -0.25) is 4.79 Å². The second-order valence-electron chi connectivity index (χ2n) is 7.54. The Hall–Kier alpha value is -0.570. The van der Waals surface area contributed by atoms with Crippen molar-refractivity contribution in [2.45, 2.75) is 83.4 Å². The van der Waals surface area contributed by atoms with Gasteiger partial charge in [-0.05, 0) is 43.9 Å². The molecule has 0 aromatic heterocycles. The van der Waals surface area contributed by atoms with Crippen LogP contribution in [0.15, 0.2) is 0 Å². The topological polar surface area (TPSA) is 40.5 Å². The fourth-order valence-electron chi connectivity index (χ4n) is 4.64. The zero-order chi connectivity index (χ0) is 13.6. The molecule has 0 aromatic carbocycles. The molecule has 2 bridgehead atoms. The molecule has 0 spiro atoms. The molecule has 1 saturated carbocycles. The molecule has 1 aliphatic carbocycles. The maximum absolute atomic E-state index is 13.0. The quantitative estimate of drug-likeness (QED) is 0.792. The number of aliphatic hydroxyl groups excluding tert-OH is 1. The standard InChI is InChI=1S/C16H27NO2/c1-16(2)8-4-3-5-14(16)15(19)17-11-6-7-12(17)10-13(18)9-11/h11-14,18H,3-10H2,1-2H3. The molecule has 0 aromatic rings. The first-order valence-corrected chi connectivity index (χ1v) is 7.99. The van der Waals surface area contributed by atoms with Gasteiger partial charge in [0.25, 0.3) is 0 Å². The lowest BCUT2D eigenvalue weighted by Crippen LogP contribution is -2.52. The molecule has 3 atom stereocenters. The zero-order valence-corrected chi connectivity index (χ0v) is 12.3. The number of hydrogen-bond donors (Lipinski definition) is 1. The minimum Gasteiger partial charge on any atom is -0.393 e. The normalized spacial score (nSPS) is 41.3. The average Bonchev–Trinajstić information content (AvgIpc) is 2.60. The molecular weight excluding hydrogens is 238 g/mol. The van der Waals surface area contributed by atoms with Crippen molar-refractivity contribution in [1.82, 2.24) is 4.90 Å². The van der Waals surface area contributed by atoms with Gasteiger partial charge in [0.2, 0.25) is 5.91 Å². The summed E-state index contributed by atoms with van der Waals surface area (Å²) in [6.45, 7) is 4.52. The van der Waals surface area contributed by atoms with Crippen molar-refractivity contribution < 1.29 is 9.90 Å². The van der Waals surface area contributed by atoms with Gasteiger partial charge in [0.1, 0.15) is 0 Å². The van der Waals surface area contributed by atoms with Crippen LogP contribution in [0.3, 0.4) is 0 Å². The number of amides is 1.